The summed E-state index contributed by atoms with van der Waals surface area (Å²) in [6, 6.07) is 0.496. The fraction of sp³-hybridized carbons (Fsp3) is 1.00. The van der Waals surface area contributed by atoms with E-state index in [1.807, 2.05) is 0 Å². The summed E-state index contributed by atoms with van der Waals surface area (Å²) in [5.41, 5.74) is 3.00. The van der Waals surface area contributed by atoms with Gasteiger partial charge in [0.1, 0.15) is 0 Å². The van der Waals surface area contributed by atoms with E-state index in [-0.39, 0.29) is 0 Å². The van der Waals surface area contributed by atoms with Gasteiger partial charge in [-0.1, -0.05) is 72.1 Å². The highest BCUT2D eigenvalue weighted by Crippen LogP contribution is 2.11. The van der Waals surface area contributed by atoms with Gasteiger partial charge in [0.05, 0.1) is 0 Å². The van der Waals surface area contributed by atoms with Crippen molar-refractivity contribution in [3.05, 3.63) is 0 Å². The SMILES string of the molecule is CCCCCCCCCCC(CCN(CC)CC)NN. The zero-order valence-electron chi connectivity index (χ0n) is 14.3. The van der Waals surface area contributed by atoms with Gasteiger partial charge in [-0.2, -0.15) is 0 Å². The summed E-state index contributed by atoms with van der Waals surface area (Å²) >= 11 is 0. The van der Waals surface area contributed by atoms with Crippen LogP contribution in [0.5, 0.6) is 0 Å². The van der Waals surface area contributed by atoms with Gasteiger partial charge < -0.3 is 4.90 Å². The molecule has 3 nitrogen and oxygen atoms in total. The highest BCUT2D eigenvalue weighted by Gasteiger charge is 2.08. The molecule has 0 aromatic rings. The molecular formula is C17H39N3. The number of rotatable bonds is 15. The van der Waals surface area contributed by atoms with Crippen LogP contribution >= 0.6 is 0 Å². The largest absolute Gasteiger partial charge is 0.304 e. The van der Waals surface area contributed by atoms with Gasteiger partial charge in [-0.05, 0) is 32.5 Å². The lowest BCUT2D eigenvalue weighted by Gasteiger charge is -2.22. The van der Waals surface area contributed by atoms with Crippen LogP contribution in [0.3, 0.4) is 0 Å². The van der Waals surface area contributed by atoms with E-state index in [0.29, 0.717) is 6.04 Å². The van der Waals surface area contributed by atoms with E-state index in [1.54, 1.807) is 0 Å². The summed E-state index contributed by atoms with van der Waals surface area (Å²) < 4.78 is 0. The van der Waals surface area contributed by atoms with E-state index in [2.05, 4.69) is 31.1 Å². The number of nitrogens with two attached hydrogens (primary N) is 1. The molecular weight excluding hydrogens is 246 g/mol. The summed E-state index contributed by atoms with van der Waals surface area (Å²) in [6.45, 7) is 10.2. The molecule has 0 aromatic heterocycles. The summed E-state index contributed by atoms with van der Waals surface area (Å²) in [6.07, 6.45) is 13.5. The summed E-state index contributed by atoms with van der Waals surface area (Å²) in [7, 11) is 0. The molecule has 0 radical (unpaired) electrons. The zero-order valence-corrected chi connectivity index (χ0v) is 14.3. The first kappa shape index (κ1) is 19.9. The highest BCUT2D eigenvalue weighted by atomic mass is 15.2. The number of hydrogen-bond acceptors (Lipinski definition) is 3. The number of nitrogens with one attached hydrogen (secondary N) is 1. The average molecular weight is 286 g/mol. The Morgan fingerprint density at radius 3 is 1.85 bits per heavy atom. The molecule has 0 saturated heterocycles. The van der Waals surface area contributed by atoms with Crippen LogP contribution < -0.4 is 11.3 Å². The Morgan fingerprint density at radius 1 is 0.800 bits per heavy atom. The maximum atomic E-state index is 5.67. The number of nitrogens with zero attached hydrogens (tertiary/aromatic N) is 1. The van der Waals surface area contributed by atoms with Crippen molar-refractivity contribution in [2.45, 2.75) is 91.0 Å². The van der Waals surface area contributed by atoms with Gasteiger partial charge in [-0.15, -0.1) is 0 Å². The van der Waals surface area contributed by atoms with Crippen molar-refractivity contribution >= 4 is 0 Å². The van der Waals surface area contributed by atoms with Gasteiger partial charge in [0.25, 0.3) is 0 Å². The maximum absolute atomic E-state index is 5.67. The second-order valence-electron chi connectivity index (χ2n) is 5.94. The minimum atomic E-state index is 0.496. The molecule has 0 aliphatic heterocycles. The second kappa shape index (κ2) is 15.3. The van der Waals surface area contributed by atoms with Gasteiger partial charge in [-0.3, -0.25) is 11.3 Å². The predicted molar refractivity (Wildman–Crippen MR) is 90.7 cm³/mol. The van der Waals surface area contributed by atoms with Crippen molar-refractivity contribution in [2.24, 2.45) is 5.84 Å². The van der Waals surface area contributed by atoms with Crippen molar-refractivity contribution in [3.63, 3.8) is 0 Å². The molecule has 0 spiro atoms. The van der Waals surface area contributed by atoms with E-state index < -0.39 is 0 Å². The molecule has 3 N–H and O–H groups in total. The van der Waals surface area contributed by atoms with Crippen LogP contribution in [0, 0.1) is 0 Å². The fourth-order valence-corrected chi connectivity index (χ4v) is 2.71. The van der Waals surface area contributed by atoms with Crippen LogP contribution in [0.15, 0.2) is 0 Å². The molecule has 1 atom stereocenters. The molecule has 122 valence electrons. The Bertz CT molecular complexity index is 181. The first-order valence-corrected chi connectivity index (χ1v) is 8.96. The van der Waals surface area contributed by atoms with Crippen LogP contribution in [0.25, 0.3) is 0 Å². The van der Waals surface area contributed by atoms with Crippen LogP contribution in [-0.2, 0) is 0 Å². The van der Waals surface area contributed by atoms with Crippen LogP contribution in [0.1, 0.15) is 85.0 Å². The predicted octanol–water partition coefficient (Wildman–Crippen LogP) is 4.08. The standard InChI is InChI=1S/C17H39N3/c1-4-7-8-9-10-11-12-13-14-17(19-18)15-16-20(5-2)6-3/h17,19H,4-16,18H2,1-3H3. The van der Waals surface area contributed by atoms with Gasteiger partial charge in [0, 0.05) is 6.04 Å². The lowest BCUT2D eigenvalue weighted by Crippen LogP contribution is -2.38. The molecule has 3 heteroatoms. The first-order chi connectivity index (χ1) is 9.78. The Kier molecular flexibility index (Phi) is 15.2. The Hall–Kier alpha value is -0.120. The molecule has 0 amide bonds. The molecule has 1 unspecified atom stereocenters. The molecule has 0 bridgehead atoms. The molecule has 0 fully saturated rings. The minimum absolute atomic E-state index is 0.496. The first-order valence-electron chi connectivity index (χ1n) is 8.96. The van der Waals surface area contributed by atoms with Crippen molar-refractivity contribution in [3.8, 4) is 0 Å². The summed E-state index contributed by atoms with van der Waals surface area (Å²) in [4.78, 5) is 2.47. The molecule has 0 heterocycles. The molecule has 0 rings (SSSR count). The molecule has 0 saturated carbocycles. The third-order valence-electron chi connectivity index (χ3n) is 4.33. The molecule has 0 aliphatic rings. The van der Waals surface area contributed by atoms with Crippen LogP contribution in [0.4, 0.5) is 0 Å². The Balaban J connectivity index is 3.45. The van der Waals surface area contributed by atoms with E-state index in [4.69, 9.17) is 5.84 Å². The van der Waals surface area contributed by atoms with Crippen molar-refractivity contribution in [1.82, 2.24) is 10.3 Å². The third kappa shape index (κ3) is 11.7. The summed E-state index contributed by atoms with van der Waals surface area (Å²) in [5, 5.41) is 0. The van der Waals surface area contributed by atoms with Crippen molar-refractivity contribution in [1.29, 1.82) is 0 Å². The summed E-state index contributed by atoms with van der Waals surface area (Å²) in [5.74, 6) is 5.67. The topological polar surface area (TPSA) is 41.3 Å². The average Bonchev–Trinajstić information content (AvgIpc) is 2.48. The number of hydrogen-bond donors (Lipinski definition) is 2. The minimum Gasteiger partial charge on any atom is -0.304 e. The smallest absolute Gasteiger partial charge is 0.0222 e. The quantitative estimate of drug-likeness (QED) is 0.271. The molecule has 0 aliphatic carbocycles. The zero-order chi connectivity index (χ0) is 15.1. The van der Waals surface area contributed by atoms with E-state index in [9.17, 15) is 0 Å². The lowest BCUT2D eigenvalue weighted by atomic mass is 10.0. The van der Waals surface area contributed by atoms with Crippen LogP contribution in [-0.4, -0.2) is 30.6 Å². The van der Waals surface area contributed by atoms with E-state index >= 15 is 0 Å². The van der Waals surface area contributed by atoms with Crippen molar-refractivity contribution < 1.29 is 0 Å². The van der Waals surface area contributed by atoms with Gasteiger partial charge in [0.2, 0.25) is 0 Å². The highest BCUT2D eigenvalue weighted by molar-refractivity contribution is 4.66. The van der Waals surface area contributed by atoms with Gasteiger partial charge >= 0.3 is 0 Å². The monoisotopic (exact) mass is 285 g/mol. The fourth-order valence-electron chi connectivity index (χ4n) is 2.71. The second-order valence-corrected chi connectivity index (χ2v) is 5.94. The van der Waals surface area contributed by atoms with Gasteiger partial charge in [-0.25, -0.2) is 0 Å². The number of unbranched alkanes of at least 4 members (excludes halogenated alkanes) is 7. The van der Waals surface area contributed by atoms with E-state index in [0.717, 1.165) is 13.1 Å². The lowest BCUT2D eigenvalue weighted by molar-refractivity contribution is 0.276. The Morgan fingerprint density at radius 2 is 1.35 bits per heavy atom. The normalized spacial score (nSPS) is 13.1. The van der Waals surface area contributed by atoms with Gasteiger partial charge in [0.15, 0.2) is 0 Å². The van der Waals surface area contributed by atoms with Crippen LogP contribution in [0.2, 0.25) is 0 Å². The van der Waals surface area contributed by atoms with Crippen molar-refractivity contribution in [2.75, 3.05) is 19.6 Å². The van der Waals surface area contributed by atoms with E-state index in [1.165, 1.54) is 70.8 Å². The Labute approximate surface area is 127 Å². The maximum Gasteiger partial charge on any atom is 0.0222 e. The third-order valence-corrected chi connectivity index (χ3v) is 4.33. The molecule has 0 aromatic carbocycles. The number of hydrazine groups is 1. The molecule has 20 heavy (non-hydrogen) atoms.